The molecule has 0 saturated carbocycles. The van der Waals surface area contributed by atoms with Crippen LogP contribution in [-0.4, -0.2) is 34.7 Å². The van der Waals surface area contributed by atoms with Crippen LogP contribution in [0.1, 0.15) is 56.2 Å². The fourth-order valence-corrected chi connectivity index (χ4v) is 3.45. The Morgan fingerprint density at radius 2 is 1.81 bits per heavy atom. The van der Waals surface area contributed by atoms with Crippen molar-refractivity contribution in [2.45, 2.75) is 71.4 Å². The summed E-state index contributed by atoms with van der Waals surface area (Å²) < 4.78 is 0. The van der Waals surface area contributed by atoms with E-state index in [1.165, 1.54) is 36.0 Å². The summed E-state index contributed by atoms with van der Waals surface area (Å²) in [4.78, 5) is 2.52. The zero-order valence-corrected chi connectivity index (χ0v) is 14.2. The van der Waals surface area contributed by atoms with Gasteiger partial charge in [-0.3, -0.25) is 4.90 Å². The summed E-state index contributed by atoms with van der Waals surface area (Å²) in [6, 6.07) is 6.56. The third-order valence-corrected chi connectivity index (χ3v) is 5.51. The monoisotopic (exact) mass is 289 g/mol. The van der Waals surface area contributed by atoms with Crippen LogP contribution in [0.15, 0.2) is 18.2 Å². The second-order valence-electron chi connectivity index (χ2n) is 6.90. The lowest BCUT2D eigenvalue weighted by Gasteiger charge is -2.46. The molecule has 1 aliphatic rings. The summed E-state index contributed by atoms with van der Waals surface area (Å²) in [6.45, 7) is 11.0. The van der Waals surface area contributed by atoms with Crippen LogP contribution in [0.25, 0.3) is 0 Å². The van der Waals surface area contributed by atoms with Crippen molar-refractivity contribution in [3.63, 3.8) is 0 Å². The van der Waals surface area contributed by atoms with Crippen molar-refractivity contribution in [3.8, 4) is 0 Å². The summed E-state index contributed by atoms with van der Waals surface area (Å²) in [7, 11) is 0. The minimum atomic E-state index is -0.303. The molecule has 2 unspecified atom stereocenters. The highest BCUT2D eigenvalue weighted by Gasteiger charge is 2.37. The second-order valence-corrected chi connectivity index (χ2v) is 6.90. The van der Waals surface area contributed by atoms with E-state index in [0.29, 0.717) is 0 Å². The number of aryl methyl sites for hydroxylation is 2. The van der Waals surface area contributed by atoms with Crippen molar-refractivity contribution in [1.82, 2.24) is 4.90 Å². The van der Waals surface area contributed by atoms with E-state index < -0.39 is 0 Å². The summed E-state index contributed by atoms with van der Waals surface area (Å²) in [5.74, 6) is 0. The molecule has 2 nitrogen and oxygen atoms in total. The normalized spacial score (nSPS) is 21.0. The smallest absolute Gasteiger partial charge is 0.0761 e. The average Bonchev–Trinajstić information content (AvgIpc) is 2.51. The van der Waals surface area contributed by atoms with Gasteiger partial charge in [0, 0.05) is 12.0 Å². The Morgan fingerprint density at radius 3 is 2.38 bits per heavy atom. The fraction of sp³-hybridized carbons (Fsp3) is 0.684. The van der Waals surface area contributed by atoms with Gasteiger partial charge in [-0.25, -0.2) is 0 Å². The maximum atomic E-state index is 10.9. The summed E-state index contributed by atoms with van der Waals surface area (Å²) in [5.41, 5.74) is 3.79. The van der Waals surface area contributed by atoms with Gasteiger partial charge >= 0.3 is 0 Å². The van der Waals surface area contributed by atoms with Gasteiger partial charge in [0.1, 0.15) is 0 Å². The number of likely N-dealkylation sites (tertiary alicyclic amines) is 1. The van der Waals surface area contributed by atoms with Crippen molar-refractivity contribution in [2.24, 2.45) is 0 Å². The first kappa shape index (κ1) is 16.5. The van der Waals surface area contributed by atoms with Crippen LogP contribution in [0.3, 0.4) is 0 Å². The molecule has 1 fully saturated rings. The first-order valence-electron chi connectivity index (χ1n) is 8.46. The lowest BCUT2D eigenvalue weighted by molar-refractivity contribution is -0.0328. The number of hydrogen-bond acceptors (Lipinski definition) is 2. The highest BCUT2D eigenvalue weighted by Crippen LogP contribution is 2.29. The molecule has 1 saturated heterocycles. The third-order valence-electron chi connectivity index (χ3n) is 5.51. The average molecular weight is 289 g/mol. The number of rotatable bonds is 5. The molecule has 21 heavy (non-hydrogen) atoms. The second kappa shape index (κ2) is 6.93. The van der Waals surface area contributed by atoms with Gasteiger partial charge in [0.15, 0.2) is 0 Å². The van der Waals surface area contributed by atoms with Crippen LogP contribution in [0.2, 0.25) is 0 Å². The predicted octanol–water partition coefficient (Wildman–Crippen LogP) is 3.86. The van der Waals surface area contributed by atoms with E-state index in [0.717, 1.165) is 25.9 Å². The molecule has 0 aromatic heterocycles. The van der Waals surface area contributed by atoms with Crippen LogP contribution in [0.5, 0.6) is 0 Å². The predicted molar refractivity (Wildman–Crippen MR) is 89.7 cm³/mol. The lowest BCUT2D eigenvalue weighted by Crippen LogP contribution is -2.56. The van der Waals surface area contributed by atoms with Crippen LogP contribution < -0.4 is 0 Å². The van der Waals surface area contributed by atoms with Crippen LogP contribution in [0, 0.1) is 13.8 Å². The molecule has 2 rings (SSSR count). The molecular weight excluding hydrogens is 258 g/mol. The maximum Gasteiger partial charge on any atom is 0.0761 e. The van der Waals surface area contributed by atoms with E-state index in [-0.39, 0.29) is 11.6 Å². The van der Waals surface area contributed by atoms with Crippen molar-refractivity contribution in [2.75, 3.05) is 13.1 Å². The zero-order chi connectivity index (χ0) is 15.5. The molecule has 0 amide bonds. The van der Waals surface area contributed by atoms with E-state index >= 15 is 0 Å². The minimum absolute atomic E-state index is 0.0980. The van der Waals surface area contributed by atoms with E-state index in [9.17, 15) is 5.11 Å². The lowest BCUT2D eigenvalue weighted by atomic mass is 9.84. The molecule has 0 spiro atoms. The Labute approximate surface area is 130 Å². The Kier molecular flexibility index (Phi) is 5.45. The number of nitrogens with zero attached hydrogens (tertiary/aromatic N) is 1. The first-order valence-corrected chi connectivity index (χ1v) is 8.46. The molecule has 1 heterocycles. The molecule has 0 aliphatic carbocycles. The highest BCUT2D eigenvalue weighted by atomic mass is 16.3. The van der Waals surface area contributed by atoms with Crippen LogP contribution >= 0.6 is 0 Å². The van der Waals surface area contributed by atoms with E-state index in [1.54, 1.807) is 0 Å². The largest absolute Gasteiger partial charge is 0.391 e. The van der Waals surface area contributed by atoms with Crippen molar-refractivity contribution < 1.29 is 5.11 Å². The number of hydrogen-bond donors (Lipinski definition) is 1. The fourth-order valence-electron chi connectivity index (χ4n) is 3.45. The van der Waals surface area contributed by atoms with E-state index in [1.807, 2.05) is 0 Å². The summed E-state index contributed by atoms with van der Waals surface area (Å²) in [6.07, 6.45) is 5.32. The van der Waals surface area contributed by atoms with E-state index in [2.05, 4.69) is 50.8 Å². The Morgan fingerprint density at radius 1 is 1.14 bits per heavy atom. The minimum Gasteiger partial charge on any atom is -0.391 e. The van der Waals surface area contributed by atoms with Crippen LogP contribution in [0.4, 0.5) is 0 Å². The molecule has 0 bridgehead atoms. The number of piperidine rings is 1. The van der Waals surface area contributed by atoms with Crippen molar-refractivity contribution in [3.05, 3.63) is 34.9 Å². The Hall–Kier alpha value is -0.860. The number of aliphatic hydroxyl groups is 1. The van der Waals surface area contributed by atoms with Gasteiger partial charge in [-0.2, -0.15) is 0 Å². The van der Waals surface area contributed by atoms with Gasteiger partial charge in [-0.05, 0) is 69.8 Å². The number of benzene rings is 1. The standard InChI is InChI=1S/C19H31NO/c1-5-19(4,20-11-7-6-8-12-20)18(21)14-17-10-9-15(2)16(3)13-17/h9-10,13,18,21H,5-8,11-12,14H2,1-4H3. The maximum absolute atomic E-state index is 10.9. The topological polar surface area (TPSA) is 23.5 Å². The Balaban J connectivity index is 2.11. The summed E-state index contributed by atoms with van der Waals surface area (Å²) in [5, 5.41) is 10.9. The summed E-state index contributed by atoms with van der Waals surface area (Å²) >= 11 is 0. The molecule has 0 radical (unpaired) electrons. The first-order chi connectivity index (χ1) is 9.97. The van der Waals surface area contributed by atoms with Crippen molar-refractivity contribution in [1.29, 1.82) is 0 Å². The van der Waals surface area contributed by atoms with Gasteiger partial charge in [-0.1, -0.05) is 31.5 Å². The van der Waals surface area contributed by atoms with Gasteiger partial charge < -0.3 is 5.11 Å². The molecule has 1 aromatic carbocycles. The molecule has 1 aliphatic heterocycles. The molecule has 1 aromatic rings. The quantitative estimate of drug-likeness (QED) is 0.889. The zero-order valence-electron chi connectivity index (χ0n) is 14.2. The number of aliphatic hydroxyl groups excluding tert-OH is 1. The van der Waals surface area contributed by atoms with E-state index in [4.69, 9.17) is 0 Å². The third kappa shape index (κ3) is 3.67. The van der Waals surface area contributed by atoms with Gasteiger partial charge in [-0.15, -0.1) is 0 Å². The SMILES string of the molecule is CCC(C)(C(O)Cc1ccc(C)c(C)c1)N1CCCCC1. The van der Waals surface area contributed by atoms with Gasteiger partial charge in [0.05, 0.1) is 6.10 Å². The molecular formula is C19H31NO. The molecule has 2 atom stereocenters. The van der Waals surface area contributed by atoms with Gasteiger partial charge in [0.25, 0.3) is 0 Å². The molecule has 1 N–H and O–H groups in total. The molecule has 2 heteroatoms. The van der Waals surface area contributed by atoms with Crippen molar-refractivity contribution >= 4 is 0 Å². The molecule has 118 valence electrons. The Bertz CT molecular complexity index is 465. The van der Waals surface area contributed by atoms with Gasteiger partial charge in [0.2, 0.25) is 0 Å². The van der Waals surface area contributed by atoms with Crippen LogP contribution in [-0.2, 0) is 6.42 Å². The highest BCUT2D eigenvalue weighted by molar-refractivity contribution is 5.30.